The van der Waals surface area contributed by atoms with Gasteiger partial charge >= 0.3 is 0 Å². The lowest BCUT2D eigenvalue weighted by Crippen LogP contribution is -2.02. The third kappa shape index (κ3) is 3.72. The highest BCUT2D eigenvalue weighted by Gasteiger charge is 2.29. The maximum Gasteiger partial charge on any atom is 0.170 e. The summed E-state index contributed by atoms with van der Waals surface area (Å²) in [5.41, 5.74) is 6.69. The first-order valence-electron chi connectivity index (χ1n) is 11.5. The summed E-state index contributed by atoms with van der Waals surface area (Å²) < 4.78 is 11.9. The molecule has 0 amide bonds. The Kier molecular flexibility index (Phi) is 5.97. The van der Waals surface area contributed by atoms with Crippen LogP contribution in [-0.2, 0) is 6.42 Å². The zero-order chi connectivity index (χ0) is 24.5. The molecule has 0 saturated heterocycles. The molecule has 3 aromatic carbocycles. The molecule has 2 aromatic heterocycles. The summed E-state index contributed by atoms with van der Waals surface area (Å²) in [6.45, 7) is 1.85. The lowest BCUT2D eigenvalue weighted by atomic mass is 9.89. The first-order chi connectivity index (χ1) is 17.1. The van der Waals surface area contributed by atoms with Crippen molar-refractivity contribution in [3.8, 4) is 39.5 Å². The molecule has 0 spiro atoms. The molecule has 0 aliphatic carbocycles. The Balaban J connectivity index is 1.89. The van der Waals surface area contributed by atoms with Crippen LogP contribution < -0.4 is 9.47 Å². The van der Waals surface area contributed by atoms with Crippen molar-refractivity contribution < 1.29 is 19.7 Å². The molecule has 0 bridgehead atoms. The van der Waals surface area contributed by atoms with Crippen LogP contribution in [0.25, 0.3) is 44.1 Å². The first kappa shape index (κ1) is 22.6. The zero-order valence-corrected chi connectivity index (χ0v) is 20.0. The van der Waals surface area contributed by atoms with Crippen LogP contribution in [0.2, 0.25) is 0 Å². The molecular weight excluding hydrogens is 440 g/mol. The zero-order valence-electron chi connectivity index (χ0n) is 20.0. The maximum atomic E-state index is 11.6. The van der Waals surface area contributed by atoms with Crippen LogP contribution in [0.1, 0.15) is 12.5 Å². The number of methoxy groups -OCH3 is 2. The van der Waals surface area contributed by atoms with E-state index in [0.717, 1.165) is 49.6 Å². The van der Waals surface area contributed by atoms with E-state index >= 15 is 0 Å². The SMILES string of the molecule is COc1c(C/C=C(/C)CO)c(-c2c[nH]c3ccccc23)c(OC)c(O)c1-c1c[nH]c2ccccc12. The van der Waals surface area contributed by atoms with Crippen molar-refractivity contribution in [1.29, 1.82) is 0 Å². The van der Waals surface area contributed by atoms with Crippen molar-refractivity contribution in [2.75, 3.05) is 20.8 Å². The van der Waals surface area contributed by atoms with Gasteiger partial charge in [-0.25, -0.2) is 0 Å². The minimum absolute atomic E-state index is 0.0148. The number of hydrogen-bond acceptors (Lipinski definition) is 4. The molecule has 4 N–H and O–H groups in total. The van der Waals surface area contributed by atoms with E-state index in [4.69, 9.17) is 9.47 Å². The number of aliphatic hydroxyl groups is 1. The largest absolute Gasteiger partial charge is 0.504 e. The van der Waals surface area contributed by atoms with Gasteiger partial charge in [0.15, 0.2) is 11.5 Å². The third-order valence-electron chi connectivity index (χ3n) is 6.51. The number of phenolic OH excluding ortho intramolecular Hbond substituents is 1. The molecule has 0 aliphatic rings. The van der Waals surface area contributed by atoms with Gasteiger partial charge in [-0.05, 0) is 25.5 Å². The number of benzene rings is 3. The van der Waals surface area contributed by atoms with Gasteiger partial charge in [0.05, 0.1) is 26.4 Å². The summed E-state index contributed by atoms with van der Waals surface area (Å²) in [5.74, 6) is 0.956. The van der Waals surface area contributed by atoms with E-state index in [-0.39, 0.29) is 12.4 Å². The van der Waals surface area contributed by atoms with Gasteiger partial charge in [-0.15, -0.1) is 0 Å². The number of fused-ring (bicyclic) bond motifs is 2. The number of para-hydroxylation sites is 2. The predicted molar refractivity (Wildman–Crippen MR) is 140 cm³/mol. The maximum absolute atomic E-state index is 11.6. The average molecular weight is 469 g/mol. The Morgan fingerprint density at radius 2 is 1.37 bits per heavy atom. The summed E-state index contributed by atoms with van der Waals surface area (Å²) >= 11 is 0. The smallest absolute Gasteiger partial charge is 0.170 e. The van der Waals surface area contributed by atoms with Gasteiger partial charge in [0.25, 0.3) is 0 Å². The molecule has 5 aromatic rings. The fourth-order valence-electron chi connectivity index (χ4n) is 4.79. The lowest BCUT2D eigenvalue weighted by Gasteiger charge is -2.22. The fourth-order valence-corrected chi connectivity index (χ4v) is 4.79. The highest BCUT2D eigenvalue weighted by Crippen LogP contribution is 2.54. The van der Waals surface area contributed by atoms with Crippen LogP contribution in [0.4, 0.5) is 0 Å². The molecule has 0 saturated carbocycles. The monoisotopic (exact) mass is 468 g/mol. The van der Waals surface area contributed by atoms with Crippen molar-refractivity contribution in [3.05, 3.63) is 78.1 Å². The number of rotatable bonds is 7. The lowest BCUT2D eigenvalue weighted by molar-refractivity contribution is 0.331. The highest BCUT2D eigenvalue weighted by atomic mass is 16.5. The summed E-state index contributed by atoms with van der Waals surface area (Å²) in [6, 6.07) is 16.0. The number of allylic oxidation sites excluding steroid dienone is 1. The fraction of sp³-hybridized carbons (Fsp3) is 0.172. The van der Waals surface area contributed by atoms with Gasteiger partial charge in [-0.1, -0.05) is 48.0 Å². The second-order valence-electron chi connectivity index (χ2n) is 8.55. The molecular formula is C29H28N2O4. The predicted octanol–water partition coefficient (Wildman–Crippen LogP) is 6.19. The molecule has 178 valence electrons. The number of phenols is 1. The van der Waals surface area contributed by atoms with E-state index in [1.165, 1.54) is 0 Å². The van der Waals surface area contributed by atoms with Gasteiger partial charge in [0, 0.05) is 56.5 Å². The Hall–Kier alpha value is -4.16. The summed E-state index contributed by atoms with van der Waals surface area (Å²) in [4.78, 5) is 6.62. The molecule has 0 radical (unpaired) electrons. The Morgan fingerprint density at radius 3 is 1.91 bits per heavy atom. The molecule has 2 heterocycles. The average Bonchev–Trinajstić information content (AvgIpc) is 3.51. The van der Waals surface area contributed by atoms with Crippen molar-refractivity contribution in [2.24, 2.45) is 0 Å². The molecule has 6 nitrogen and oxygen atoms in total. The Labute approximate surface area is 203 Å². The minimum Gasteiger partial charge on any atom is -0.504 e. The molecule has 6 heteroatoms. The Bertz CT molecular complexity index is 1560. The van der Waals surface area contributed by atoms with Crippen LogP contribution in [0.3, 0.4) is 0 Å². The molecule has 35 heavy (non-hydrogen) atoms. The van der Waals surface area contributed by atoms with Gasteiger partial charge in [0.1, 0.15) is 5.75 Å². The van der Waals surface area contributed by atoms with Gasteiger partial charge < -0.3 is 29.7 Å². The van der Waals surface area contributed by atoms with E-state index in [1.807, 2.05) is 73.9 Å². The second-order valence-corrected chi connectivity index (χ2v) is 8.55. The number of aromatic amines is 2. The summed E-state index contributed by atoms with van der Waals surface area (Å²) in [5, 5.41) is 23.3. The van der Waals surface area contributed by atoms with Gasteiger partial charge in [-0.2, -0.15) is 0 Å². The highest BCUT2D eigenvalue weighted by molar-refractivity contribution is 6.04. The van der Waals surface area contributed by atoms with Gasteiger partial charge in [-0.3, -0.25) is 0 Å². The number of aromatic nitrogens is 2. The third-order valence-corrected chi connectivity index (χ3v) is 6.51. The Morgan fingerprint density at radius 1 is 0.829 bits per heavy atom. The van der Waals surface area contributed by atoms with Crippen LogP contribution in [0.15, 0.2) is 72.6 Å². The van der Waals surface area contributed by atoms with Crippen LogP contribution in [-0.4, -0.2) is 41.0 Å². The van der Waals surface area contributed by atoms with Crippen LogP contribution in [0.5, 0.6) is 17.2 Å². The standard InChI is InChI=1S/C29H28N2O4/c1-17(16-32)12-13-20-25(21-14-30-23-10-6-4-8-18(21)23)29(35-3)27(33)26(28(20)34-2)22-15-31-24-11-7-5-9-19(22)24/h4-12,14-15,30-33H,13,16H2,1-3H3/b17-12-. The number of H-pyrrole nitrogens is 2. The summed E-state index contributed by atoms with van der Waals surface area (Å²) in [7, 11) is 3.18. The topological polar surface area (TPSA) is 90.5 Å². The van der Waals surface area contributed by atoms with E-state index in [1.54, 1.807) is 14.2 Å². The summed E-state index contributed by atoms with van der Waals surface area (Å²) in [6.07, 6.45) is 6.27. The van der Waals surface area contributed by atoms with Crippen LogP contribution >= 0.6 is 0 Å². The quantitative estimate of drug-likeness (QED) is 0.215. The van der Waals surface area contributed by atoms with Crippen molar-refractivity contribution in [3.63, 3.8) is 0 Å². The number of nitrogens with one attached hydrogen (secondary N) is 2. The molecule has 0 atom stereocenters. The molecule has 5 rings (SSSR count). The van der Waals surface area contributed by atoms with E-state index < -0.39 is 0 Å². The number of hydrogen-bond donors (Lipinski definition) is 4. The number of aliphatic hydroxyl groups excluding tert-OH is 1. The van der Waals surface area contributed by atoms with E-state index in [2.05, 4.69) is 9.97 Å². The van der Waals surface area contributed by atoms with Gasteiger partial charge in [0.2, 0.25) is 0 Å². The number of aromatic hydroxyl groups is 1. The second kappa shape index (κ2) is 9.24. The van der Waals surface area contributed by atoms with Crippen molar-refractivity contribution in [1.82, 2.24) is 9.97 Å². The van der Waals surface area contributed by atoms with Crippen molar-refractivity contribution in [2.45, 2.75) is 13.3 Å². The normalized spacial score (nSPS) is 11.9. The first-order valence-corrected chi connectivity index (χ1v) is 11.5. The van der Waals surface area contributed by atoms with E-state index in [0.29, 0.717) is 23.5 Å². The molecule has 0 fully saturated rings. The molecule has 0 unspecified atom stereocenters. The van der Waals surface area contributed by atoms with Crippen molar-refractivity contribution >= 4 is 21.8 Å². The molecule has 0 aliphatic heterocycles. The minimum atomic E-state index is -0.0325. The number of ether oxygens (including phenoxy) is 2. The van der Waals surface area contributed by atoms with Crippen LogP contribution in [0, 0.1) is 0 Å². The van der Waals surface area contributed by atoms with E-state index in [9.17, 15) is 10.2 Å².